The van der Waals surface area contributed by atoms with Crippen LogP contribution in [-0.4, -0.2) is 91.0 Å². The zero-order valence-electron chi connectivity index (χ0n) is 11.2. The van der Waals surface area contributed by atoms with Crippen LogP contribution in [0.3, 0.4) is 0 Å². The van der Waals surface area contributed by atoms with Crippen LogP contribution in [0.4, 0.5) is 0 Å². The van der Waals surface area contributed by atoms with Crippen molar-refractivity contribution in [2.45, 2.75) is 47.8 Å². The fraction of sp³-hybridized carbons (Fsp3) is 0.909. The Labute approximate surface area is 123 Å². The Bertz CT molecular complexity index is 561. The number of nitrogens with zero attached hydrogens (tertiary/aromatic N) is 1. The highest BCUT2D eigenvalue weighted by atomic mass is 16.9. The summed E-state index contributed by atoms with van der Waals surface area (Å²) in [6.07, 6.45) is -7.77. The Morgan fingerprint density at radius 2 is 1.82 bits per heavy atom. The minimum Gasteiger partial charge on any atom is -0.393 e. The van der Waals surface area contributed by atoms with Crippen LogP contribution >= 0.6 is 0 Å². The number of aliphatic imine (C=N–C) groups is 1. The summed E-state index contributed by atoms with van der Waals surface area (Å²) in [4.78, 5) is 3.70. The lowest BCUT2D eigenvalue weighted by Gasteiger charge is -2.71. The number of hydrogen-bond acceptors (Lipinski definition) is 11. The van der Waals surface area contributed by atoms with Crippen LogP contribution < -0.4 is 11.1 Å². The molecule has 0 aromatic carbocycles. The Balaban J connectivity index is 1.95. The quantitative estimate of drug-likeness (QED) is 0.231. The summed E-state index contributed by atoms with van der Waals surface area (Å²) in [6.45, 7) is -0.857. The molecule has 4 aliphatic heterocycles. The van der Waals surface area contributed by atoms with Gasteiger partial charge in [0.2, 0.25) is 0 Å². The molecule has 0 amide bonds. The van der Waals surface area contributed by atoms with Gasteiger partial charge in [-0.2, -0.15) is 0 Å². The van der Waals surface area contributed by atoms with Gasteiger partial charge in [0, 0.05) is 0 Å². The van der Waals surface area contributed by atoms with Crippen LogP contribution in [0, 0.1) is 5.92 Å². The second kappa shape index (κ2) is 3.88. The summed E-state index contributed by atoms with van der Waals surface area (Å²) in [5.74, 6) is -3.95. The van der Waals surface area contributed by atoms with E-state index in [0.717, 1.165) is 0 Å². The van der Waals surface area contributed by atoms with Gasteiger partial charge in [-0.1, -0.05) is 0 Å². The predicted octanol–water partition coefficient (Wildman–Crippen LogP) is -5.52. The molecule has 5 rings (SSSR count). The van der Waals surface area contributed by atoms with E-state index in [1.54, 1.807) is 0 Å². The SMILES string of the molecule is NC1=NC(O)C2C3O[C@]4(O)OC([C@@H](O)[C@@]2(N1)C4O)C3(O)CO. The van der Waals surface area contributed by atoms with E-state index in [-0.39, 0.29) is 5.96 Å². The maximum absolute atomic E-state index is 10.6. The predicted molar refractivity (Wildman–Crippen MR) is 65.7 cm³/mol. The number of rotatable bonds is 1. The number of nitrogens with one attached hydrogen (secondary N) is 1. The Morgan fingerprint density at radius 3 is 2.45 bits per heavy atom. The van der Waals surface area contributed by atoms with Gasteiger partial charge in [-0.15, -0.1) is 0 Å². The zero-order chi connectivity index (χ0) is 16.1. The molecule has 124 valence electrons. The van der Waals surface area contributed by atoms with Crippen molar-refractivity contribution in [3.05, 3.63) is 0 Å². The van der Waals surface area contributed by atoms with E-state index in [1.807, 2.05) is 0 Å². The van der Waals surface area contributed by atoms with Crippen molar-refractivity contribution in [3.63, 3.8) is 0 Å². The molecule has 3 saturated heterocycles. The molecular weight excluding hydrogens is 302 g/mol. The van der Waals surface area contributed by atoms with Gasteiger partial charge in [0.15, 0.2) is 18.3 Å². The van der Waals surface area contributed by atoms with Crippen molar-refractivity contribution in [3.8, 4) is 0 Å². The van der Waals surface area contributed by atoms with E-state index in [2.05, 4.69) is 10.3 Å². The summed E-state index contributed by atoms with van der Waals surface area (Å²) in [7, 11) is 0. The maximum Gasteiger partial charge on any atom is 0.311 e. The second-order valence-corrected chi connectivity index (χ2v) is 6.22. The molecule has 4 heterocycles. The van der Waals surface area contributed by atoms with Gasteiger partial charge in [0.05, 0.1) is 12.5 Å². The fourth-order valence-corrected chi connectivity index (χ4v) is 4.24. The first-order valence-corrected chi connectivity index (χ1v) is 6.77. The first-order chi connectivity index (χ1) is 10.2. The van der Waals surface area contributed by atoms with Crippen molar-refractivity contribution < 1.29 is 40.1 Å². The molecule has 1 spiro atoms. The third-order valence-electron chi connectivity index (χ3n) is 5.22. The molecule has 0 aromatic heterocycles. The average molecular weight is 319 g/mol. The highest BCUT2D eigenvalue weighted by Gasteiger charge is 2.82. The molecule has 11 heteroatoms. The summed E-state index contributed by atoms with van der Waals surface area (Å²) in [5, 5.41) is 64.3. The molecule has 1 saturated carbocycles. The van der Waals surface area contributed by atoms with Gasteiger partial charge >= 0.3 is 5.97 Å². The van der Waals surface area contributed by atoms with Gasteiger partial charge < -0.3 is 51.2 Å². The van der Waals surface area contributed by atoms with E-state index < -0.39 is 60.3 Å². The van der Waals surface area contributed by atoms with Crippen molar-refractivity contribution >= 4 is 5.96 Å². The molecule has 4 fully saturated rings. The van der Waals surface area contributed by atoms with Gasteiger partial charge in [-0.3, -0.25) is 0 Å². The largest absolute Gasteiger partial charge is 0.393 e. The third kappa shape index (κ3) is 1.28. The lowest BCUT2D eigenvalue weighted by atomic mass is 9.55. The van der Waals surface area contributed by atoms with E-state index in [9.17, 15) is 30.6 Å². The van der Waals surface area contributed by atoms with Crippen molar-refractivity contribution in [2.24, 2.45) is 16.6 Å². The standard InChI is InChI=1S/C11H17N3O8/c12-8-13-6(17)2-4-9(19,1-15)5-3(16)10(2,14-8)7(18)11(20,21-4)22-5/h2-7,15-20H,1H2,(H3,12,13,14)/t2?,3-,4?,5?,6?,7?,9?,10-,11+/m1/s1. The molecule has 4 bridgehead atoms. The molecule has 11 nitrogen and oxygen atoms in total. The summed E-state index contributed by atoms with van der Waals surface area (Å²) in [6, 6.07) is 0. The Morgan fingerprint density at radius 1 is 1.18 bits per heavy atom. The first-order valence-electron chi connectivity index (χ1n) is 6.77. The minimum absolute atomic E-state index is 0.250. The average Bonchev–Trinajstić information content (AvgIpc) is 2.45. The molecule has 9 atom stereocenters. The lowest BCUT2D eigenvalue weighted by molar-refractivity contribution is -0.548. The molecule has 1 aliphatic carbocycles. The summed E-state index contributed by atoms with van der Waals surface area (Å²) < 4.78 is 10.3. The Kier molecular flexibility index (Phi) is 2.57. The molecule has 9 N–H and O–H groups in total. The van der Waals surface area contributed by atoms with E-state index in [0.29, 0.717) is 0 Å². The normalized spacial score (nSPS) is 62.4. The maximum atomic E-state index is 10.6. The number of nitrogens with two attached hydrogens (primary N) is 1. The summed E-state index contributed by atoms with van der Waals surface area (Å²) >= 11 is 0. The van der Waals surface area contributed by atoms with Gasteiger partial charge in [0.1, 0.15) is 29.5 Å². The van der Waals surface area contributed by atoms with Crippen molar-refractivity contribution in [2.75, 3.05) is 6.61 Å². The van der Waals surface area contributed by atoms with E-state index in [4.69, 9.17) is 15.2 Å². The van der Waals surface area contributed by atoms with Crippen LogP contribution in [0.2, 0.25) is 0 Å². The number of hydrogen-bond donors (Lipinski definition) is 8. The van der Waals surface area contributed by atoms with Gasteiger partial charge in [0.25, 0.3) is 0 Å². The minimum atomic E-state index is -2.52. The number of aliphatic hydroxyl groups is 6. The fourth-order valence-electron chi connectivity index (χ4n) is 4.24. The van der Waals surface area contributed by atoms with E-state index >= 15 is 0 Å². The van der Waals surface area contributed by atoms with Crippen LogP contribution in [-0.2, 0) is 9.47 Å². The van der Waals surface area contributed by atoms with Crippen molar-refractivity contribution in [1.82, 2.24) is 5.32 Å². The molecule has 5 aliphatic rings. The van der Waals surface area contributed by atoms with Gasteiger partial charge in [-0.05, 0) is 0 Å². The zero-order valence-corrected chi connectivity index (χ0v) is 11.2. The first kappa shape index (κ1) is 14.5. The highest BCUT2D eigenvalue weighted by molar-refractivity contribution is 5.80. The molecular formula is C11H17N3O8. The number of ether oxygens (including phenoxy) is 2. The molecule has 0 aromatic rings. The Hall–Kier alpha value is -1.05. The topological polar surface area (TPSA) is 190 Å². The van der Waals surface area contributed by atoms with Crippen LogP contribution in [0.5, 0.6) is 0 Å². The molecule has 6 unspecified atom stereocenters. The molecule has 0 radical (unpaired) electrons. The molecule has 22 heavy (non-hydrogen) atoms. The van der Waals surface area contributed by atoms with Gasteiger partial charge in [-0.25, -0.2) is 4.99 Å². The lowest BCUT2D eigenvalue weighted by Crippen LogP contribution is -2.95. The van der Waals surface area contributed by atoms with Crippen LogP contribution in [0.1, 0.15) is 0 Å². The number of guanidine groups is 1. The smallest absolute Gasteiger partial charge is 0.311 e. The number of aliphatic hydroxyl groups excluding tert-OH is 4. The van der Waals surface area contributed by atoms with Crippen LogP contribution in [0.15, 0.2) is 4.99 Å². The monoisotopic (exact) mass is 319 g/mol. The van der Waals surface area contributed by atoms with Crippen LogP contribution in [0.25, 0.3) is 0 Å². The van der Waals surface area contributed by atoms with E-state index in [1.165, 1.54) is 0 Å². The van der Waals surface area contributed by atoms with Crippen molar-refractivity contribution in [1.29, 1.82) is 0 Å². The second-order valence-electron chi connectivity index (χ2n) is 6.22. The summed E-state index contributed by atoms with van der Waals surface area (Å²) in [5.41, 5.74) is 1.74. The third-order valence-corrected chi connectivity index (χ3v) is 5.22. The highest BCUT2D eigenvalue weighted by Crippen LogP contribution is 2.58.